The molecule has 0 saturated carbocycles. The van der Waals surface area contributed by atoms with E-state index < -0.39 is 7.14 Å². The summed E-state index contributed by atoms with van der Waals surface area (Å²) in [5.74, 6) is 0.254. The minimum absolute atomic E-state index is 0.0312. The third-order valence-electron chi connectivity index (χ3n) is 4.37. The van der Waals surface area contributed by atoms with Crippen LogP contribution >= 0.6 is 7.14 Å². The molecule has 0 aliphatic carbocycles. The number of aliphatic hydroxyl groups excluding tert-OH is 1. The third kappa shape index (κ3) is 3.83. The molecule has 2 nitrogen and oxygen atoms in total. The molecule has 0 unspecified atom stereocenters. The summed E-state index contributed by atoms with van der Waals surface area (Å²) in [5.41, 5.74) is -0.121. The molecule has 0 radical (unpaired) electrons. The molecule has 23 heavy (non-hydrogen) atoms. The number of hydrogen-bond donors (Lipinski definition) is 1. The zero-order valence-corrected chi connectivity index (χ0v) is 14.7. The van der Waals surface area contributed by atoms with Crippen molar-refractivity contribution in [3.8, 4) is 0 Å². The molecule has 2 rings (SSSR count). The summed E-state index contributed by atoms with van der Waals surface area (Å²) in [6.07, 6.45) is 4.59. The van der Waals surface area contributed by atoms with Crippen LogP contribution in [0.5, 0.6) is 0 Å². The molecule has 0 fully saturated rings. The van der Waals surface area contributed by atoms with E-state index in [-0.39, 0.29) is 18.2 Å². The van der Waals surface area contributed by atoms with Crippen LogP contribution in [0, 0.1) is 5.92 Å². The Morgan fingerprint density at radius 3 is 1.87 bits per heavy atom. The maximum Gasteiger partial charge on any atom is 0.150 e. The van der Waals surface area contributed by atoms with Gasteiger partial charge in [-0.3, -0.25) is 0 Å². The fraction of sp³-hybridized carbons (Fsp3) is 0.300. The Labute approximate surface area is 139 Å². The van der Waals surface area contributed by atoms with Crippen molar-refractivity contribution in [1.82, 2.24) is 0 Å². The molecular weight excluding hydrogens is 303 g/mol. The van der Waals surface area contributed by atoms with Gasteiger partial charge in [0.1, 0.15) is 7.14 Å². The molecule has 0 bridgehead atoms. The molecule has 0 aromatic heterocycles. The van der Waals surface area contributed by atoms with Gasteiger partial charge in [0.25, 0.3) is 0 Å². The molecule has 0 amide bonds. The largest absolute Gasteiger partial charge is 0.392 e. The monoisotopic (exact) mass is 328 g/mol. The smallest absolute Gasteiger partial charge is 0.150 e. The summed E-state index contributed by atoms with van der Waals surface area (Å²) in [7, 11) is -2.83. The molecular formula is C20H25O2P. The van der Waals surface area contributed by atoms with Crippen LogP contribution in [0.25, 0.3) is 0 Å². The zero-order chi connectivity index (χ0) is 16.7. The highest BCUT2D eigenvalue weighted by Crippen LogP contribution is 2.52. The first-order valence-electron chi connectivity index (χ1n) is 8.13. The predicted molar refractivity (Wildman–Crippen MR) is 99.2 cm³/mol. The van der Waals surface area contributed by atoms with E-state index in [1.54, 1.807) is 6.08 Å². The van der Waals surface area contributed by atoms with Gasteiger partial charge in [0.2, 0.25) is 0 Å². The van der Waals surface area contributed by atoms with Crippen molar-refractivity contribution in [3.63, 3.8) is 0 Å². The van der Waals surface area contributed by atoms with Crippen molar-refractivity contribution < 1.29 is 9.67 Å². The number of hydrogen-bond acceptors (Lipinski definition) is 2. The second-order valence-electron chi connectivity index (χ2n) is 5.82. The number of allylic oxidation sites excluding steroid dienone is 1. The topological polar surface area (TPSA) is 37.3 Å². The number of benzene rings is 2. The molecule has 1 N–H and O–H groups in total. The van der Waals surface area contributed by atoms with Gasteiger partial charge in [-0.05, 0) is 5.92 Å². The number of aliphatic hydroxyl groups is 1. The Morgan fingerprint density at radius 2 is 1.48 bits per heavy atom. The van der Waals surface area contributed by atoms with Gasteiger partial charge in [-0.2, -0.15) is 0 Å². The van der Waals surface area contributed by atoms with Crippen LogP contribution in [-0.4, -0.2) is 17.4 Å². The molecule has 3 heteroatoms. The highest BCUT2D eigenvalue weighted by molar-refractivity contribution is 7.79. The van der Waals surface area contributed by atoms with E-state index in [1.165, 1.54) is 0 Å². The molecule has 2 atom stereocenters. The van der Waals surface area contributed by atoms with Crippen molar-refractivity contribution in [1.29, 1.82) is 0 Å². The predicted octanol–water partition coefficient (Wildman–Crippen LogP) is 3.96. The van der Waals surface area contributed by atoms with Crippen LogP contribution in [0.3, 0.4) is 0 Å². The van der Waals surface area contributed by atoms with Crippen LogP contribution in [0.2, 0.25) is 0 Å². The summed E-state index contributed by atoms with van der Waals surface area (Å²) >= 11 is 0. The first-order valence-corrected chi connectivity index (χ1v) is 9.90. The fourth-order valence-corrected chi connectivity index (χ4v) is 6.41. The highest BCUT2D eigenvalue weighted by atomic mass is 31.2. The average Bonchev–Trinajstić information content (AvgIpc) is 2.62. The normalized spacial score (nSPS) is 14.7. The van der Waals surface area contributed by atoms with Crippen LogP contribution in [0.4, 0.5) is 0 Å². The zero-order valence-electron chi connectivity index (χ0n) is 13.8. The van der Waals surface area contributed by atoms with Crippen molar-refractivity contribution >= 4 is 17.8 Å². The van der Waals surface area contributed by atoms with Crippen LogP contribution in [0.1, 0.15) is 20.3 Å². The van der Waals surface area contributed by atoms with Gasteiger partial charge in [0.15, 0.2) is 0 Å². The lowest BCUT2D eigenvalue weighted by molar-refractivity contribution is 0.342. The Bertz CT molecular complexity index is 621. The standard InChI is InChI=1S/C20H25O2P/c1-3-17(2)20(15-10-16-21)23(22,18-11-6-4-7-12-18)19-13-8-5-9-14-19/h4-15,17,20-21H,3,16H2,1-2H3/b15-10+/t17-,20-/m0/s1. The maximum atomic E-state index is 14.3. The van der Waals surface area contributed by atoms with Crippen LogP contribution in [-0.2, 0) is 4.57 Å². The van der Waals surface area contributed by atoms with Crippen LogP contribution in [0.15, 0.2) is 72.8 Å². The van der Waals surface area contributed by atoms with Gasteiger partial charge in [-0.15, -0.1) is 0 Å². The van der Waals surface area contributed by atoms with Gasteiger partial charge in [-0.25, -0.2) is 0 Å². The van der Waals surface area contributed by atoms with Crippen LogP contribution < -0.4 is 10.6 Å². The van der Waals surface area contributed by atoms with Gasteiger partial charge < -0.3 is 9.67 Å². The first-order chi connectivity index (χ1) is 11.1. The minimum Gasteiger partial charge on any atom is -0.392 e. The van der Waals surface area contributed by atoms with Gasteiger partial charge >= 0.3 is 0 Å². The molecule has 0 saturated heterocycles. The molecule has 0 aliphatic heterocycles. The Hall–Kier alpha value is -1.63. The average molecular weight is 328 g/mol. The van der Waals surface area contributed by atoms with E-state index in [0.717, 1.165) is 17.0 Å². The third-order valence-corrected chi connectivity index (χ3v) is 8.02. The quantitative estimate of drug-likeness (QED) is 0.617. The van der Waals surface area contributed by atoms with E-state index in [1.807, 2.05) is 66.7 Å². The fourth-order valence-electron chi connectivity index (χ4n) is 2.90. The molecule has 2 aromatic carbocycles. The minimum atomic E-state index is -2.83. The van der Waals surface area contributed by atoms with Crippen molar-refractivity contribution in [2.24, 2.45) is 5.92 Å². The summed E-state index contributed by atoms with van der Waals surface area (Å²) in [6.45, 7) is 4.21. The van der Waals surface area contributed by atoms with Crippen molar-refractivity contribution in [3.05, 3.63) is 72.8 Å². The van der Waals surface area contributed by atoms with Crippen molar-refractivity contribution in [2.75, 3.05) is 6.61 Å². The van der Waals surface area contributed by atoms with Crippen molar-refractivity contribution in [2.45, 2.75) is 25.9 Å². The second kappa shape index (κ2) is 8.29. The second-order valence-corrected chi connectivity index (χ2v) is 8.76. The van der Waals surface area contributed by atoms with E-state index in [4.69, 9.17) is 0 Å². The Balaban J connectivity index is 2.65. The lowest BCUT2D eigenvalue weighted by Crippen LogP contribution is -2.29. The highest BCUT2D eigenvalue weighted by Gasteiger charge is 2.37. The Kier molecular flexibility index (Phi) is 6.38. The number of rotatable bonds is 7. The lowest BCUT2D eigenvalue weighted by atomic mass is 10.0. The maximum absolute atomic E-state index is 14.3. The molecule has 0 heterocycles. The van der Waals surface area contributed by atoms with E-state index >= 15 is 0 Å². The molecule has 0 aliphatic rings. The van der Waals surface area contributed by atoms with E-state index in [2.05, 4.69) is 13.8 Å². The Morgan fingerprint density at radius 1 is 1.00 bits per heavy atom. The molecule has 0 spiro atoms. The molecule has 2 aromatic rings. The van der Waals surface area contributed by atoms with Gasteiger partial charge in [-0.1, -0.05) is 93.1 Å². The van der Waals surface area contributed by atoms with E-state index in [9.17, 15) is 9.67 Å². The summed E-state index contributed by atoms with van der Waals surface area (Å²) < 4.78 is 14.3. The lowest BCUT2D eigenvalue weighted by Gasteiger charge is -2.30. The first kappa shape index (κ1) is 17.7. The van der Waals surface area contributed by atoms with Gasteiger partial charge in [0.05, 0.1) is 6.61 Å². The summed E-state index contributed by atoms with van der Waals surface area (Å²) in [6, 6.07) is 19.5. The SMILES string of the molecule is CC[C@H](C)[C@H](/C=C/CO)P(=O)(c1ccccc1)c1ccccc1. The molecule has 122 valence electrons. The van der Waals surface area contributed by atoms with E-state index in [0.29, 0.717) is 0 Å². The van der Waals surface area contributed by atoms with Gasteiger partial charge in [0, 0.05) is 16.3 Å². The summed E-state index contributed by atoms with van der Waals surface area (Å²) in [4.78, 5) is 0. The summed E-state index contributed by atoms with van der Waals surface area (Å²) in [5, 5.41) is 10.9.